The fourth-order valence-corrected chi connectivity index (χ4v) is 5.91. The van der Waals surface area contributed by atoms with Gasteiger partial charge in [0.25, 0.3) is 0 Å². The van der Waals surface area contributed by atoms with E-state index in [4.69, 9.17) is 9.47 Å². The van der Waals surface area contributed by atoms with Crippen LogP contribution in [-0.2, 0) is 11.3 Å². The minimum atomic E-state index is -0.125. The number of carbonyl (C=O) groups is 2. The van der Waals surface area contributed by atoms with Gasteiger partial charge in [0, 0.05) is 77.6 Å². The second kappa shape index (κ2) is 12.8. The van der Waals surface area contributed by atoms with Gasteiger partial charge in [-0.15, -0.1) is 0 Å². The Morgan fingerprint density at radius 2 is 1.62 bits per heavy atom. The van der Waals surface area contributed by atoms with E-state index in [0.717, 1.165) is 83.4 Å². The smallest absolute Gasteiger partial charge is 0.212 e. The standard InChI is InChI=1S/C31H41N5O4/c1-32-28-29(31(38)25-8-5-4-7-24(25)30(28)37)33(2)11-6-12-34-13-15-36(16-14-34)26-10-9-23(21-27(26)39-3)22-35-17-19-40-20-18-35/h4-5,7-10,21,32H,6,11-20,22H2,1-3H3. The summed E-state index contributed by atoms with van der Waals surface area (Å²) in [6.45, 7) is 9.91. The van der Waals surface area contributed by atoms with Crippen LogP contribution in [0, 0.1) is 0 Å². The van der Waals surface area contributed by atoms with Crippen molar-refractivity contribution >= 4 is 17.3 Å². The van der Waals surface area contributed by atoms with Crippen molar-refractivity contribution < 1.29 is 19.1 Å². The summed E-state index contributed by atoms with van der Waals surface area (Å²) in [4.78, 5) is 35.5. The molecule has 0 bridgehead atoms. The van der Waals surface area contributed by atoms with Crippen LogP contribution in [-0.4, -0.2) is 113 Å². The van der Waals surface area contributed by atoms with Gasteiger partial charge in [-0.1, -0.05) is 30.3 Å². The average Bonchev–Trinajstić information content (AvgIpc) is 2.99. The van der Waals surface area contributed by atoms with Crippen molar-refractivity contribution in [2.24, 2.45) is 0 Å². The van der Waals surface area contributed by atoms with Gasteiger partial charge in [-0.25, -0.2) is 0 Å². The van der Waals surface area contributed by atoms with Crippen LogP contribution in [0.5, 0.6) is 5.75 Å². The molecule has 5 rings (SSSR count). The van der Waals surface area contributed by atoms with Crippen molar-refractivity contribution in [3.05, 3.63) is 70.5 Å². The lowest BCUT2D eigenvalue weighted by Gasteiger charge is -2.37. The van der Waals surface area contributed by atoms with Gasteiger partial charge in [0.15, 0.2) is 0 Å². The Hall–Kier alpha value is -3.40. The summed E-state index contributed by atoms with van der Waals surface area (Å²) in [5.41, 5.74) is 4.21. The molecule has 3 aliphatic rings. The van der Waals surface area contributed by atoms with Gasteiger partial charge in [-0.3, -0.25) is 19.4 Å². The van der Waals surface area contributed by atoms with Crippen LogP contribution in [0.2, 0.25) is 0 Å². The van der Waals surface area contributed by atoms with Crippen molar-refractivity contribution in [2.75, 3.05) is 91.7 Å². The van der Waals surface area contributed by atoms with E-state index >= 15 is 0 Å². The number of Topliss-reactive ketones (excluding diaryl/α,β-unsaturated/α-hetero) is 2. The molecule has 2 aromatic rings. The van der Waals surface area contributed by atoms with Crippen LogP contribution < -0.4 is 15.0 Å². The number of benzene rings is 2. The van der Waals surface area contributed by atoms with Gasteiger partial charge < -0.3 is 24.6 Å². The molecule has 1 N–H and O–H groups in total. The highest BCUT2D eigenvalue weighted by atomic mass is 16.5. The van der Waals surface area contributed by atoms with E-state index in [-0.39, 0.29) is 11.6 Å². The first kappa shape index (κ1) is 28.1. The minimum absolute atomic E-state index is 0.0967. The molecule has 2 fully saturated rings. The monoisotopic (exact) mass is 547 g/mol. The summed E-state index contributed by atoms with van der Waals surface area (Å²) in [7, 11) is 5.36. The molecule has 9 nitrogen and oxygen atoms in total. The van der Waals surface area contributed by atoms with Crippen LogP contribution in [0.1, 0.15) is 32.7 Å². The number of morpholine rings is 1. The maximum atomic E-state index is 13.3. The first-order chi connectivity index (χ1) is 19.5. The molecule has 0 unspecified atom stereocenters. The highest BCUT2D eigenvalue weighted by molar-refractivity contribution is 6.26. The molecule has 40 heavy (non-hydrogen) atoms. The number of methoxy groups -OCH3 is 1. The second-order valence-corrected chi connectivity index (χ2v) is 10.7. The number of nitrogens with zero attached hydrogens (tertiary/aromatic N) is 4. The number of likely N-dealkylation sites (N-methyl/N-ethyl adjacent to an activating group) is 2. The Kier molecular flexibility index (Phi) is 9.04. The van der Waals surface area contributed by atoms with E-state index < -0.39 is 0 Å². The first-order valence-corrected chi connectivity index (χ1v) is 14.3. The molecule has 2 aromatic carbocycles. The zero-order chi connectivity index (χ0) is 28.1. The molecular formula is C31H41N5O4. The first-order valence-electron chi connectivity index (χ1n) is 14.3. The fraction of sp³-hybridized carbons (Fsp3) is 0.484. The molecule has 2 heterocycles. The molecule has 0 aromatic heterocycles. The number of rotatable bonds is 10. The highest BCUT2D eigenvalue weighted by Gasteiger charge is 2.33. The van der Waals surface area contributed by atoms with E-state index in [0.29, 0.717) is 29.1 Å². The van der Waals surface area contributed by atoms with Crippen LogP contribution >= 0.6 is 0 Å². The highest BCUT2D eigenvalue weighted by Crippen LogP contribution is 2.31. The quantitative estimate of drug-likeness (QED) is 0.483. The summed E-state index contributed by atoms with van der Waals surface area (Å²) in [5, 5.41) is 2.98. The molecule has 0 amide bonds. The zero-order valence-corrected chi connectivity index (χ0v) is 23.9. The number of ether oxygens (including phenoxy) is 2. The Morgan fingerprint density at radius 3 is 2.30 bits per heavy atom. The number of fused-ring (bicyclic) bond motifs is 1. The number of carbonyl (C=O) groups excluding carboxylic acids is 2. The third-order valence-electron chi connectivity index (χ3n) is 8.16. The van der Waals surface area contributed by atoms with E-state index in [1.54, 1.807) is 38.4 Å². The van der Waals surface area contributed by atoms with Crippen LogP contribution in [0.3, 0.4) is 0 Å². The summed E-state index contributed by atoms with van der Waals surface area (Å²) in [6.07, 6.45) is 0.902. The van der Waals surface area contributed by atoms with Crippen LogP contribution in [0.15, 0.2) is 53.9 Å². The third kappa shape index (κ3) is 6.01. The van der Waals surface area contributed by atoms with E-state index in [9.17, 15) is 9.59 Å². The van der Waals surface area contributed by atoms with Gasteiger partial charge in [-0.05, 0) is 30.7 Å². The molecule has 1 aliphatic carbocycles. The topological polar surface area (TPSA) is 77.6 Å². The maximum absolute atomic E-state index is 13.3. The molecule has 0 radical (unpaired) electrons. The molecule has 0 saturated carbocycles. The van der Waals surface area contributed by atoms with Gasteiger partial charge >= 0.3 is 0 Å². The molecular weight excluding hydrogens is 506 g/mol. The number of allylic oxidation sites excluding steroid dienone is 2. The maximum Gasteiger partial charge on any atom is 0.212 e. The van der Waals surface area contributed by atoms with E-state index in [1.807, 2.05) is 11.9 Å². The normalized spacial score (nSPS) is 18.6. The number of ketones is 2. The zero-order valence-electron chi connectivity index (χ0n) is 23.9. The van der Waals surface area contributed by atoms with Crippen molar-refractivity contribution in [3.8, 4) is 5.75 Å². The summed E-state index contributed by atoms with van der Waals surface area (Å²) < 4.78 is 11.3. The Labute approximate surface area is 237 Å². The van der Waals surface area contributed by atoms with E-state index in [1.165, 1.54) is 5.56 Å². The third-order valence-corrected chi connectivity index (χ3v) is 8.16. The average molecular weight is 548 g/mol. The van der Waals surface area contributed by atoms with Crippen LogP contribution in [0.25, 0.3) is 0 Å². The minimum Gasteiger partial charge on any atom is -0.495 e. The van der Waals surface area contributed by atoms with Crippen molar-refractivity contribution in [1.29, 1.82) is 0 Å². The lowest BCUT2D eigenvalue weighted by molar-refractivity contribution is 0.0341. The fourth-order valence-electron chi connectivity index (χ4n) is 5.91. The van der Waals surface area contributed by atoms with Crippen molar-refractivity contribution in [1.82, 2.24) is 20.0 Å². The van der Waals surface area contributed by atoms with Crippen molar-refractivity contribution in [2.45, 2.75) is 13.0 Å². The van der Waals surface area contributed by atoms with Crippen molar-refractivity contribution in [3.63, 3.8) is 0 Å². The van der Waals surface area contributed by atoms with E-state index in [2.05, 4.69) is 38.2 Å². The number of anilines is 1. The second-order valence-electron chi connectivity index (χ2n) is 10.7. The SMILES string of the molecule is CNC1=C(N(C)CCCN2CCN(c3ccc(CN4CCOCC4)cc3OC)CC2)C(=O)c2ccccc2C1=O. The Morgan fingerprint density at radius 1 is 0.925 bits per heavy atom. The predicted octanol–water partition coefficient (Wildman–Crippen LogP) is 2.48. The van der Waals surface area contributed by atoms with Crippen LogP contribution in [0.4, 0.5) is 5.69 Å². The van der Waals surface area contributed by atoms with Gasteiger partial charge in [-0.2, -0.15) is 0 Å². The number of hydrogen-bond donors (Lipinski definition) is 1. The predicted molar refractivity (Wildman–Crippen MR) is 156 cm³/mol. The Balaban J connectivity index is 1.13. The largest absolute Gasteiger partial charge is 0.495 e. The summed E-state index contributed by atoms with van der Waals surface area (Å²) >= 11 is 0. The molecule has 214 valence electrons. The molecule has 0 spiro atoms. The molecule has 2 saturated heterocycles. The molecule has 0 atom stereocenters. The number of piperazine rings is 1. The lowest BCUT2D eigenvalue weighted by Crippen LogP contribution is -2.47. The van der Waals surface area contributed by atoms with Gasteiger partial charge in [0.05, 0.1) is 26.0 Å². The number of nitrogens with one attached hydrogen (secondary N) is 1. The lowest BCUT2D eigenvalue weighted by atomic mass is 9.90. The summed E-state index contributed by atoms with van der Waals surface area (Å²) in [5.74, 6) is 0.712. The molecule has 2 aliphatic heterocycles. The number of hydrogen-bond acceptors (Lipinski definition) is 9. The summed E-state index contributed by atoms with van der Waals surface area (Å²) in [6, 6.07) is 13.7. The van der Waals surface area contributed by atoms with Gasteiger partial charge in [0.1, 0.15) is 17.1 Å². The van der Waals surface area contributed by atoms with Gasteiger partial charge in [0.2, 0.25) is 11.6 Å². The molecule has 9 heteroatoms. The Bertz CT molecular complexity index is 1250.